The predicted molar refractivity (Wildman–Crippen MR) is 114 cm³/mol. The lowest BCUT2D eigenvalue weighted by Crippen LogP contribution is -2.36. The summed E-state index contributed by atoms with van der Waals surface area (Å²) in [6, 6.07) is 9.52. The number of aliphatic carboxylic acids is 1. The van der Waals surface area contributed by atoms with Gasteiger partial charge in [0.25, 0.3) is 0 Å². The average molecular weight is 426 g/mol. The van der Waals surface area contributed by atoms with Gasteiger partial charge >= 0.3 is 11.9 Å². The van der Waals surface area contributed by atoms with Crippen molar-refractivity contribution in [2.24, 2.45) is 23.7 Å². The number of carboxylic acid groups (broad SMARTS) is 1. The molecule has 2 N–H and O–H groups in total. The van der Waals surface area contributed by atoms with Crippen molar-refractivity contribution in [1.82, 2.24) is 0 Å². The maximum Gasteiger partial charge on any atom is 0.341 e. The van der Waals surface area contributed by atoms with Gasteiger partial charge in [0.15, 0.2) is 0 Å². The third-order valence-corrected chi connectivity index (χ3v) is 7.29. The molecule has 30 heavy (non-hydrogen) atoms. The quantitative estimate of drug-likeness (QED) is 0.534. The van der Waals surface area contributed by atoms with E-state index in [4.69, 9.17) is 4.74 Å². The van der Waals surface area contributed by atoms with Gasteiger partial charge in [-0.3, -0.25) is 9.59 Å². The molecule has 2 aliphatic carbocycles. The Morgan fingerprint density at radius 2 is 1.80 bits per heavy atom. The SMILES string of the molecule is CCc1sc(NC(=O)[C@H]2[C@@H](C(=O)O)[C@H]3C=C[C@H]2C3)c(C(=O)OC)c1-c1ccccc1. The third kappa shape index (κ3) is 3.33. The number of carbonyl (C=O) groups excluding carboxylic acids is 2. The van der Waals surface area contributed by atoms with Crippen molar-refractivity contribution < 1.29 is 24.2 Å². The van der Waals surface area contributed by atoms with Crippen LogP contribution in [-0.2, 0) is 20.7 Å². The van der Waals surface area contributed by atoms with Crippen LogP contribution in [0.4, 0.5) is 5.00 Å². The van der Waals surface area contributed by atoms with Gasteiger partial charge in [0.05, 0.1) is 18.9 Å². The van der Waals surface area contributed by atoms with Gasteiger partial charge in [0.1, 0.15) is 10.6 Å². The number of hydrogen-bond donors (Lipinski definition) is 2. The van der Waals surface area contributed by atoms with Crippen LogP contribution in [0.15, 0.2) is 42.5 Å². The topological polar surface area (TPSA) is 92.7 Å². The number of esters is 1. The number of amides is 1. The van der Waals surface area contributed by atoms with Crippen LogP contribution in [0.25, 0.3) is 11.1 Å². The largest absolute Gasteiger partial charge is 0.481 e. The van der Waals surface area contributed by atoms with Gasteiger partial charge in [-0.25, -0.2) is 4.79 Å². The maximum absolute atomic E-state index is 13.2. The van der Waals surface area contributed by atoms with Gasteiger partial charge in [0.2, 0.25) is 5.91 Å². The molecule has 1 heterocycles. The van der Waals surface area contributed by atoms with Crippen LogP contribution < -0.4 is 5.32 Å². The number of ether oxygens (including phenoxy) is 1. The summed E-state index contributed by atoms with van der Waals surface area (Å²) in [6.45, 7) is 1.99. The average Bonchev–Trinajstić information content (AvgIpc) is 3.46. The molecule has 0 unspecified atom stereocenters. The van der Waals surface area contributed by atoms with Crippen molar-refractivity contribution in [2.75, 3.05) is 12.4 Å². The maximum atomic E-state index is 13.2. The summed E-state index contributed by atoms with van der Waals surface area (Å²) >= 11 is 1.34. The molecular weight excluding hydrogens is 402 g/mol. The fraction of sp³-hybridized carbons (Fsp3) is 0.348. The second-order valence-electron chi connectivity index (χ2n) is 7.64. The summed E-state index contributed by atoms with van der Waals surface area (Å²) in [5.41, 5.74) is 1.95. The van der Waals surface area contributed by atoms with Crippen LogP contribution in [0.3, 0.4) is 0 Å². The van der Waals surface area contributed by atoms with E-state index in [1.54, 1.807) is 0 Å². The van der Waals surface area contributed by atoms with Gasteiger partial charge in [0, 0.05) is 10.4 Å². The molecule has 1 saturated carbocycles. The molecule has 2 aliphatic rings. The van der Waals surface area contributed by atoms with E-state index in [0.29, 0.717) is 23.4 Å². The molecule has 6 nitrogen and oxygen atoms in total. The summed E-state index contributed by atoms with van der Waals surface area (Å²) in [5, 5.41) is 13.0. The van der Waals surface area contributed by atoms with Crippen molar-refractivity contribution in [1.29, 1.82) is 0 Å². The molecule has 1 aromatic heterocycles. The Balaban J connectivity index is 1.73. The van der Waals surface area contributed by atoms with E-state index in [0.717, 1.165) is 16.0 Å². The highest BCUT2D eigenvalue weighted by molar-refractivity contribution is 7.17. The zero-order chi connectivity index (χ0) is 21.4. The first-order valence-electron chi connectivity index (χ1n) is 9.97. The highest BCUT2D eigenvalue weighted by Crippen LogP contribution is 2.49. The standard InChI is InChI=1S/C23H23NO5S/c1-3-15-16(12-7-5-4-6-8-12)19(23(28)29-2)21(30-15)24-20(25)17-13-9-10-14(11-13)18(17)22(26)27/h4-10,13-14,17-18H,3,11H2,1-2H3,(H,24,25)(H,26,27)/t13-,14-,17+,18-/m0/s1. The molecule has 0 aliphatic heterocycles. The van der Waals surface area contributed by atoms with Crippen LogP contribution in [0.1, 0.15) is 28.6 Å². The Hall–Kier alpha value is -2.93. The Bertz CT molecular complexity index is 1030. The molecule has 0 radical (unpaired) electrons. The van der Waals surface area contributed by atoms with Crippen molar-refractivity contribution >= 4 is 34.2 Å². The zero-order valence-corrected chi connectivity index (χ0v) is 17.6. The van der Waals surface area contributed by atoms with E-state index in [2.05, 4.69) is 5.32 Å². The molecule has 1 amide bonds. The summed E-state index contributed by atoms with van der Waals surface area (Å²) in [6.07, 6.45) is 5.21. The number of carbonyl (C=O) groups is 3. The second-order valence-corrected chi connectivity index (χ2v) is 8.75. The highest BCUT2D eigenvalue weighted by Gasteiger charge is 2.51. The highest BCUT2D eigenvalue weighted by atomic mass is 32.1. The number of fused-ring (bicyclic) bond motifs is 2. The molecule has 1 fully saturated rings. The number of carboxylic acids is 1. The normalized spacial score (nSPS) is 24.1. The number of thiophene rings is 1. The van der Waals surface area contributed by atoms with E-state index in [1.165, 1.54) is 18.4 Å². The number of anilines is 1. The number of methoxy groups -OCH3 is 1. The van der Waals surface area contributed by atoms with Crippen molar-refractivity contribution in [3.8, 4) is 11.1 Å². The molecule has 156 valence electrons. The van der Waals surface area contributed by atoms with E-state index >= 15 is 0 Å². The summed E-state index contributed by atoms with van der Waals surface area (Å²) in [4.78, 5) is 38.6. The fourth-order valence-electron chi connectivity index (χ4n) is 4.73. The third-order valence-electron chi connectivity index (χ3n) is 6.04. The summed E-state index contributed by atoms with van der Waals surface area (Å²) < 4.78 is 5.02. The number of allylic oxidation sites excluding steroid dienone is 2. The number of aryl methyl sites for hydroxylation is 1. The molecule has 0 saturated heterocycles. The minimum absolute atomic E-state index is 0.0862. The first-order valence-corrected chi connectivity index (χ1v) is 10.8. The van der Waals surface area contributed by atoms with Crippen LogP contribution in [0.5, 0.6) is 0 Å². The minimum Gasteiger partial charge on any atom is -0.481 e. The Labute approximate surface area is 178 Å². The number of hydrogen-bond acceptors (Lipinski definition) is 5. The Morgan fingerprint density at radius 3 is 2.40 bits per heavy atom. The zero-order valence-electron chi connectivity index (χ0n) is 16.8. The molecule has 4 atom stereocenters. The molecule has 0 spiro atoms. The smallest absolute Gasteiger partial charge is 0.341 e. The molecule has 2 bridgehead atoms. The summed E-state index contributed by atoms with van der Waals surface area (Å²) in [5.74, 6) is -3.41. The van der Waals surface area contributed by atoms with E-state index in [1.807, 2.05) is 49.4 Å². The van der Waals surface area contributed by atoms with E-state index < -0.39 is 23.8 Å². The number of benzene rings is 1. The number of rotatable bonds is 6. The second kappa shape index (κ2) is 8.07. The minimum atomic E-state index is -0.953. The predicted octanol–water partition coefficient (Wildman–Crippen LogP) is 4.23. The lowest BCUT2D eigenvalue weighted by molar-refractivity contribution is -0.146. The molecule has 2 aromatic rings. The Morgan fingerprint density at radius 1 is 1.13 bits per heavy atom. The van der Waals surface area contributed by atoms with Gasteiger partial charge in [-0.2, -0.15) is 0 Å². The van der Waals surface area contributed by atoms with E-state index in [9.17, 15) is 19.5 Å². The van der Waals surface area contributed by atoms with Crippen LogP contribution >= 0.6 is 11.3 Å². The lowest BCUT2D eigenvalue weighted by Gasteiger charge is -2.23. The number of nitrogens with one attached hydrogen (secondary N) is 1. The monoisotopic (exact) mass is 425 g/mol. The van der Waals surface area contributed by atoms with Gasteiger partial charge in [-0.05, 0) is 30.2 Å². The Kier molecular flexibility index (Phi) is 5.47. The van der Waals surface area contributed by atoms with Crippen LogP contribution in [0, 0.1) is 23.7 Å². The van der Waals surface area contributed by atoms with Gasteiger partial charge in [-0.15, -0.1) is 11.3 Å². The van der Waals surface area contributed by atoms with Crippen LogP contribution in [-0.4, -0.2) is 30.1 Å². The molecule has 7 heteroatoms. The molecule has 4 rings (SSSR count). The van der Waals surface area contributed by atoms with Crippen LogP contribution in [0.2, 0.25) is 0 Å². The van der Waals surface area contributed by atoms with Gasteiger partial charge < -0.3 is 15.2 Å². The van der Waals surface area contributed by atoms with Crippen molar-refractivity contribution in [3.05, 3.63) is 52.9 Å². The molecule has 1 aromatic carbocycles. The first-order chi connectivity index (χ1) is 14.5. The van der Waals surface area contributed by atoms with Crippen molar-refractivity contribution in [2.45, 2.75) is 19.8 Å². The first kappa shape index (κ1) is 20.3. The lowest BCUT2D eigenvalue weighted by atomic mass is 9.82. The van der Waals surface area contributed by atoms with E-state index in [-0.39, 0.29) is 17.7 Å². The fourth-order valence-corrected chi connectivity index (χ4v) is 5.89. The molecular formula is C23H23NO5S. The van der Waals surface area contributed by atoms with Crippen molar-refractivity contribution in [3.63, 3.8) is 0 Å². The summed E-state index contributed by atoms with van der Waals surface area (Å²) in [7, 11) is 1.31. The van der Waals surface area contributed by atoms with Gasteiger partial charge in [-0.1, -0.05) is 49.4 Å².